The highest BCUT2D eigenvalue weighted by Crippen LogP contribution is 2.32. The molecule has 3 nitrogen and oxygen atoms in total. The molecular weight excluding hydrogens is 318 g/mol. The highest BCUT2D eigenvalue weighted by molar-refractivity contribution is 5.79. The molecule has 0 aliphatic rings. The molecule has 0 saturated carbocycles. The summed E-state index contributed by atoms with van der Waals surface area (Å²) < 4.78 is 0. The lowest BCUT2D eigenvalue weighted by atomic mass is 9.96. The van der Waals surface area contributed by atoms with Gasteiger partial charge in [-0.1, -0.05) is 51.2 Å². The Morgan fingerprint density at radius 2 is 1.35 bits per heavy atom. The summed E-state index contributed by atoms with van der Waals surface area (Å²) in [4.78, 5) is 13.8. The van der Waals surface area contributed by atoms with Gasteiger partial charge in [0, 0.05) is 24.2 Å². The fraction of sp³-hybridized carbons (Fsp3) is 0.348. The van der Waals surface area contributed by atoms with Crippen molar-refractivity contribution in [1.29, 1.82) is 0 Å². The van der Waals surface area contributed by atoms with Gasteiger partial charge in [0.1, 0.15) is 0 Å². The molecule has 0 spiro atoms. The van der Waals surface area contributed by atoms with Crippen molar-refractivity contribution in [3.8, 4) is 22.6 Å². The van der Waals surface area contributed by atoms with E-state index in [1.165, 1.54) is 44.1 Å². The molecule has 0 aliphatic heterocycles. The van der Waals surface area contributed by atoms with E-state index in [-0.39, 0.29) is 0 Å². The Labute approximate surface area is 156 Å². The van der Waals surface area contributed by atoms with Crippen LogP contribution < -0.4 is 0 Å². The largest absolute Gasteiger partial charge is 0.256 e. The summed E-state index contributed by atoms with van der Waals surface area (Å²) in [5.41, 5.74) is 5.24. The summed E-state index contributed by atoms with van der Waals surface area (Å²) in [6.07, 6.45) is 14.4. The Bertz CT molecular complexity index is 785. The maximum atomic E-state index is 4.65. The third-order valence-electron chi connectivity index (χ3n) is 4.67. The first-order valence-electron chi connectivity index (χ1n) is 9.71. The molecule has 3 aromatic rings. The Hall–Kier alpha value is -2.55. The topological polar surface area (TPSA) is 38.7 Å². The molecule has 0 unspecified atom stereocenters. The molecule has 3 heteroatoms. The number of nitrogens with zero attached hydrogens (tertiary/aromatic N) is 3. The Morgan fingerprint density at radius 1 is 0.654 bits per heavy atom. The first-order chi connectivity index (χ1) is 12.9. The van der Waals surface area contributed by atoms with E-state index in [0.29, 0.717) is 0 Å². The van der Waals surface area contributed by atoms with Crippen LogP contribution in [0.5, 0.6) is 0 Å². The number of pyridine rings is 3. The van der Waals surface area contributed by atoms with Gasteiger partial charge in [-0.05, 0) is 48.7 Å². The molecule has 0 aliphatic carbocycles. The molecule has 0 aromatic carbocycles. The molecule has 0 saturated heterocycles. The van der Waals surface area contributed by atoms with E-state index in [1.54, 1.807) is 0 Å². The number of rotatable bonds is 9. The van der Waals surface area contributed by atoms with Gasteiger partial charge in [0.15, 0.2) is 0 Å². The smallest absolute Gasteiger partial charge is 0.0982 e. The molecule has 0 amide bonds. The quantitative estimate of drug-likeness (QED) is 0.439. The minimum Gasteiger partial charge on any atom is -0.256 e. The van der Waals surface area contributed by atoms with Gasteiger partial charge in [0.2, 0.25) is 0 Å². The Kier molecular flexibility index (Phi) is 6.88. The van der Waals surface area contributed by atoms with Crippen LogP contribution in [0.15, 0.2) is 61.1 Å². The van der Waals surface area contributed by atoms with Crippen LogP contribution in [0.1, 0.15) is 51.0 Å². The normalized spacial score (nSPS) is 10.8. The van der Waals surface area contributed by atoms with Crippen molar-refractivity contribution in [3.05, 3.63) is 66.6 Å². The number of aromatic nitrogens is 3. The van der Waals surface area contributed by atoms with Crippen molar-refractivity contribution in [3.63, 3.8) is 0 Å². The van der Waals surface area contributed by atoms with E-state index < -0.39 is 0 Å². The fourth-order valence-corrected chi connectivity index (χ4v) is 3.30. The maximum Gasteiger partial charge on any atom is 0.0982 e. The lowest BCUT2D eigenvalue weighted by Crippen LogP contribution is -1.99. The van der Waals surface area contributed by atoms with E-state index >= 15 is 0 Å². The molecule has 0 radical (unpaired) electrons. The summed E-state index contributed by atoms with van der Waals surface area (Å²) in [7, 11) is 0. The molecule has 3 aromatic heterocycles. The van der Waals surface area contributed by atoms with Crippen LogP contribution in [-0.4, -0.2) is 15.0 Å². The van der Waals surface area contributed by atoms with Gasteiger partial charge in [-0.3, -0.25) is 15.0 Å². The Balaban J connectivity index is 1.87. The SMILES string of the molecule is CCCCCCCCc1ccnc(-c2ccccn2)c1-c1ccccn1. The second kappa shape index (κ2) is 9.81. The Morgan fingerprint density at radius 3 is 2.04 bits per heavy atom. The predicted octanol–water partition coefficient (Wildman–Crippen LogP) is 6.11. The first kappa shape index (κ1) is 18.2. The predicted molar refractivity (Wildman–Crippen MR) is 108 cm³/mol. The third kappa shape index (κ3) is 4.75. The van der Waals surface area contributed by atoms with Crippen LogP contribution in [0.4, 0.5) is 0 Å². The van der Waals surface area contributed by atoms with E-state index in [1.807, 2.05) is 48.9 Å². The van der Waals surface area contributed by atoms with Gasteiger partial charge < -0.3 is 0 Å². The average Bonchev–Trinajstić information content (AvgIpc) is 2.71. The van der Waals surface area contributed by atoms with Gasteiger partial charge in [-0.25, -0.2) is 0 Å². The lowest BCUT2D eigenvalue weighted by Gasteiger charge is -2.13. The standard InChI is InChI=1S/C23H27N3/c1-2-3-4-5-6-7-12-19-15-18-26-23(21-14-9-11-17-25-21)22(19)20-13-8-10-16-24-20/h8-11,13-18H,2-7,12H2,1H3. The highest BCUT2D eigenvalue weighted by atomic mass is 14.8. The summed E-state index contributed by atoms with van der Waals surface area (Å²) in [5, 5.41) is 0. The first-order valence-corrected chi connectivity index (χ1v) is 9.71. The monoisotopic (exact) mass is 345 g/mol. The zero-order chi connectivity index (χ0) is 18.0. The van der Waals surface area contributed by atoms with E-state index in [0.717, 1.165) is 29.1 Å². The number of hydrogen-bond acceptors (Lipinski definition) is 3. The molecule has 0 atom stereocenters. The summed E-state index contributed by atoms with van der Waals surface area (Å²) >= 11 is 0. The molecule has 3 heterocycles. The maximum absolute atomic E-state index is 4.65. The zero-order valence-corrected chi connectivity index (χ0v) is 15.6. The van der Waals surface area contributed by atoms with Gasteiger partial charge in [0.25, 0.3) is 0 Å². The summed E-state index contributed by atoms with van der Waals surface area (Å²) in [6, 6.07) is 14.1. The molecule has 0 bridgehead atoms. The fourth-order valence-electron chi connectivity index (χ4n) is 3.30. The van der Waals surface area contributed by atoms with Crippen molar-refractivity contribution < 1.29 is 0 Å². The van der Waals surface area contributed by atoms with Gasteiger partial charge in [-0.15, -0.1) is 0 Å². The van der Waals surface area contributed by atoms with Crippen molar-refractivity contribution in [2.45, 2.75) is 51.9 Å². The average molecular weight is 345 g/mol. The van der Waals surface area contributed by atoms with Crippen molar-refractivity contribution in [1.82, 2.24) is 15.0 Å². The minimum atomic E-state index is 0.901. The van der Waals surface area contributed by atoms with Crippen LogP contribution in [0.25, 0.3) is 22.6 Å². The molecule has 3 rings (SSSR count). The molecule has 134 valence electrons. The van der Waals surface area contributed by atoms with Crippen molar-refractivity contribution in [2.75, 3.05) is 0 Å². The van der Waals surface area contributed by atoms with Gasteiger partial charge in [-0.2, -0.15) is 0 Å². The van der Waals surface area contributed by atoms with Crippen LogP contribution in [-0.2, 0) is 6.42 Å². The van der Waals surface area contributed by atoms with E-state index in [2.05, 4.69) is 34.0 Å². The zero-order valence-electron chi connectivity index (χ0n) is 15.6. The minimum absolute atomic E-state index is 0.901. The second-order valence-electron chi connectivity index (χ2n) is 6.64. The molecule has 26 heavy (non-hydrogen) atoms. The van der Waals surface area contributed by atoms with Crippen molar-refractivity contribution in [2.24, 2.45) is 0 Å². The van der Waals surface area contributed by atoms with Crippen LogP contribution >= 0.6 is 0 Å². The summed E-state index contributed by atoms with van der Waals surface area (Å²) in [5.74, 6) is 0. The molecular formula is C23H27N3. The summed E-state index contributed by atoms with van der Waals surface area (Å²) in [6.45, 7) is 2.26. The molecule has 0 N–H and O–H groups in total. The highest BCUT2D eigenvalue weighted by Gasteiger charge is 2.15. The number of unbranched alkanes of at least 4 members (excludes halogenated alkanes) is 5. The van der Waals surface area contributed by atoms with Crippen LogP contribution in [0.3, 0.4) is 0 Å². The third-order valence-corrected chi connectivity index (χ3v) is 4.67. The van der Waals surface area contributed by atoms with E-state index in [9.17, 15) is 0 Å². The second-order valence-corrected chi connectivity index (χ2v) is 6.64. The lowest BCUT2D eigenvalue weighted by molar-refractivity contribution is 0.607. The number of hydrogen-bond donors (Lipinski definition) is 0. The van der Waals surface area contributed by atoms with Crippen LogP contribution in [0, 0.1) is 0 Å². The molecule has 0 fully saturated rings. The van der Waals surface area contributed by atoms with Gasteiger partial charge >= 0.3 is 0 Å². The van der Waals surface area contributed by atoms with E-state index in [4.69, 9.17) is 0 Å². The number of aryl methyl sites for hydroxylation is 1. The van der Waals surface area contributed by atoms with Crippen LogP contribution in [0.2, 0.25) is 0 Å². The van der Waals surface area contributed by atoms with Crippen molar-refractivity contribution >= 4 is 0 Å². The van der Waals surface area contributed by atoms with Gasteiger partial charge in [0.05, 0.1) is 17.1 Å².